The zero-order valence-corrected chi connectivity index (χ0v) is 13.8. The first-order chi connectivity index (χ1) is 10.0. The molecular weight excluding hydrogens is 306 g/mol. The van der Waals surface area contributed by atoms with E-state index in [1.807, 2.05) is 13.8 Å². The van der Waals surface area contributed by atoms with Crippen LogP contribution in [-0.2, 0) is 9.53 Å². The molecule has 0 radical (unpaired) electrons. The number of carbonyl (C=O) groups is 2. The molecule has 0 saturated carbocycles. The van der Waals surface area contributed by atoms with Gasteiger partial charge in [-0.3, -0.25) is 9.59 Å². The van der Waals surface area contributed by atoms with E-state index in [1.54, 1.807) is 25.2 Å². The zero-order valence-electron chi connectivity index (χ0n) is 12.9. The summed E-state index contributed by atoms with van der Waals surface area (Å²) in [6.07, 6.45) is -0.179. The lowest BCUT2D eigenvalue weighted by atomic mass is 10.0. The predicted molar refractivity (Wildman–Crippen MR) is 87.7 cm³/mol. The highest BCUT2D eigenvalue weighted by molar-refractivity contribution is 6.00. The summed E-state index contributed by atoms with van der Waals surface area (Å²) in [6, 6.07) is 4.88. The molecule has 0 unspecified atom stereocenters. The van der Waals surface area contributed by atoms with Gasteiger partial charge in [-0.05, 0) is 31.5 Å². The van der Waals surface area contributed by atoms with Gasteiger partial charge in [-0.1, -0.05) is 6.07 Å². The van der Waals surface area contributed by atoms with Crippen molar-refractivity contribution in [1.82, 2.24) is 10.6 Å². The van der Waals surface area contributed by atoms with Crippen molar-refractivity contribution in [3.63, 3.8) is 0 Å². The Hall–Kier alpha value is -1.63. The molecule has 1 aliphatic heterocycles. The first kappa shape index (κ1) is 18.4. The molecule has 1 heterocycles. The van der Waals surface area contributed by atoms with Crippen molar-refractivity contribution in [2.45, 2.75) is 26.0 Å². The van der Waals surface area contributed by atoms with E-state index in [2.05, 4.69) is 16.0 Å². The van der Waals surface area contributed by atoms with Crippen LogP contribution in [0.25, 0.3) is 0 Å². The Morgan fingerprint density at radius 1 is 1.36 bits per heavy atom. The first-order valence-electron chi connectivity index (χ1n) is 7.02. The molecule has 1 fully saturated rings. The number of rotatable bonds is 3. The van der Waals surface area contributed by atoms with Crippen LogP contribution >= 0.6 is 12.4 Å². The van der Waals surface area contributed by atoms with Gasteiger partial charge in [0.1, 0.15) is 6.04 Å². The Kier molecular flexibility index (Phi) is 6.80. The minimum atomic E-state index is -0.387. The highest BCUT2D eigenvalue weighted by Gasteiger charge is 2.28. The summed E-state index contributed by atoms with van der Waals surface area (Å²) < 4.78 is 5.47. The first-order valence-corrected chi connectivity index (χ1v) is 7.02. The van der Waals surface area contributed by atoms with Crippen molar-refractivity contribution in [2.75, 3.05) is 25.5 Å². The molecule has 7 heteroatoms. The van der Waals surface area contributed by atoms with Gasteiger partial charge < -0.3 is 20.7 Å². The minimum Gasteiger partial charge on any atom is -0.375 e. The van der Waals surface area contributed by atoms with Crippen LogP contribution in [0.15, 0.2) is 18.2 Å². The molecule has 22 heavy (non-hydrogen) atoms. The number of hydrogen-bond donors (Lipinski definition) is 3. The molecule has 122 valence electrons. The van der Waals surface area contributed by atoms with Crippen LogP contribution in [0.5, 0.6) is 0 Å². The maximum Gasteiger partial charge on any atom is 0.251 e. The number of anilines is 1. The number of carbonyl (C=O) groups excluding carboxylic acids is 2. The molecule has 1 aliphatic rings. The zero-order chi connectivity index (χ0) is 15.4. The van der Waals surface area contributed by atoms with E-state index < -0.39 is 0 Å². The molecule has 1 aromatic carbocycles. The van der Waals surface area contributed by atoms with Crippen molar-refractivity contribution in [1.29, 1.82) is 0 Å². The normalized spacial score (nSPS) is 20.7. The third-order valence-electron chi connectivity index (χ3n) is 3.66. The Morgan fingerprint density at radius 3 is 2.73 bits per heavy atom. The van der Waals surface area contributed by atoms with Crippen LogP contribution in [0.4, 0.5) is 5.69 Å². The molecule has 1 aromatic rings. The third-order valence-corrected chi connectivity index (χ3v) is 3.66. The molecule has 2 atom stereocenters. The van der Waals surface area contributed by atoms with Gasteiger partial charge in [0.25, 0.3) is 5.91 Å². The Morgan fingerprint density at radius 2 is 2.09 bits per heavy atom. The van der Waals surface area contributed by atoms with Gasteiger partial charge >= 0.3 is 0 Å². The highest BCUT2D eigenvalue weighted by Crippen LogP contribution is 2.19. The second-order valence-corrected chi connectivity index (χ2v) is 5.05. The summed E-state index contributed by atoms with van der Waals surface area (Å²) >= 11 is 0. The Balaban J connectivity index is 0.00000242. The van der Waals surface area contributed by atoms with E-state index in [1.165, 1.54) is 0 Å². The van der Waals surface area contributed by atoms with Gasteiger partial charge in [-0.25, -0.2) is 0 Å². The van der Waals surface area contributed by atoms with Crippen molar-refractivity contribution in [2.24, 2.45) is 0 Å². The van der Waals surface area contributed by atoms with E-state index >= 15 is 0 Å². The maximum atomic E-state index is 12.3. The van der Waals surface area contributed by atoms with Crippen LogP contribution in [-0.4, -0.2) is 44.2 Å². The fourth-order valence-corrected chi connectivity index (χ4v) is 2.39. The Labute approximate surface area is 136 Å². The van der Waals surface area contributed by atoms with E-state index in [0.717, 1.165) is 5.56 Å². The molecule has 6 nitrogen and oxygen atoms in total. The average Bonchev–Trinajstić information content (AvgIpc) is 2.49. The number of ether oxygens (including phenoxy) is 1. The van der Waals surface area contributed by atoms with Crippen LogP contribution < -0.4 is 16.0 Å². The van der Waals surface area contributed by atoms with Crippen LogP contribution in [0.2, 0.25) is 0 Å². The summed E-state index contributed by atoms with van der Waals surface area (Å²) in [4.78, 5) is 24.1. The van der Waals surface area contributed by atoms with Crippen molar-refractivity contribution >= 4 is 29.9 Å². The average molecular weight is 328 g/mol. The van der Waals surface area contributed by atoms with Crippen LogP contribution in [0.3, 0.4) is 0 Å². The third kappa shape index (κ3) is 3.97. The molecule has 3 N–H and O–H groups in total. The lowest BCUT2D eigenvalue weighted by molar-refractivity contribution is -0.123. The molecule has 0 spiro atoms. The number of benzene rings is 1. The van der Waals surface area contributed by atoms with Crippen molar-refractivity contribution < 1.29 is 14.3 Å². The standard InChI is InChI=1S/C15H21N3O3.ClH/c1-9-11(14(19)16-3)5-4-6-12(9)18-15(20)13-10(2)21-8-7-17-13;/h4-6,10,13,17H,7-8H2,1-3H3,(H,16,19)(H,18,20);1H/t10-,13+;/m1./s1. The molecule has 0 aliphatic carbocycles. The second kappa shape index (κ2) is 8.12. The monoisotopic (exact) mass is 327 g/mol. The van der Waals surface area contributed by atoms with E-state index in [0.29, 0.717) is 24.4 Å². The molecule has 0 bridgehead atoms. The topological polar surface area (TPSA) is 79.5 Å². The maximum absolute atomic E-state index is 12.3. The largest absolute Gasteiger partial charge is 0.375 e. The smallest absolute Gasteiger partial charge is 0.251 e. The number of amides is 2. The summed E-state index contributed by atoms with van der Waals surface area (Å²) in [6.45, 7) is 4.94. The number of halogens is 1. The number of morpholine rings is 1. The summed E-state index contributed by atoms with van der Waals surface area (Å²) in [5, 5.41) is 8.60. The summed E-state index contributed by atoms with van der Waals surface area (Å²) in [7, 11) is 1.58. The molecule has 2 rings (SSSR count). The van der Waals surface area contributed by atoms with Gasteiger partial charge in [0.05, 0.1) is 12.7 Å². The van der Waals surface area contributed by atoms with Gasteiger partial charge in [-0.2, -0.15) is 0 Å². The number of nitrogens with one attached hydrogen (secondary N) is 3. The van der Waals surface area contributed by atoms with E-state index in [9.17, 15) is 9.59 Å². The van der Waals surface area contributed by atoms with Gasteiger partial charge in [0, 0.05) is 24.8 Å². The van der Waals surface area contributed by atoms with Crippen molar-refractivity contribution in [3.05, 3.63) is 29.3 Å². The Bertz CT molecular complexity index is 551. The van der Waals surface area contributed by atoms with Crippen molar-refractivity contribution in [3.8, 4) is 0 Å². The minimum absolute atomic E-state index is 0. The number of hydrogen-bond acceptors (Lipinski definition) is 4. The molecular formula is C15H22ClN3O3. The van der Waals surface area contributed by atoms with Gasteiger partial charge in [0.15, 0.2) is 0 Å². The van der Waals surface area contributed by atoms with Crippen LogP contribution in [0, 0.1) is 6.92 Å². The van der Waals surface area contributed by atoms with E-state index in [-0.39, 0.29) is 36.4 Å². The lowest BCUT2D eigenvalue weighted by Gasteiger charge is -2.29. The predicted octanol–water partition coefficient (Wildman–Crippen LogP) is 1.09. The van der Waals surface area contributed by atoms with E-state index in [4.69, 9.17) is 4.74 Å². The summed E-state index contributed by atoms with van der Waals surface area (Å²) in [5.74, 6) is -0.324. The molecule has 2 amide bonds. The molecule has 1 saturated heterocycles. The fourth-order valence-electron chi connectivity index (χ4n) is 2.39. The SMILES string of the molecule is CNC(=O)c1cccc(NC(=O)[C@H]2NCCO[C@@H]2C)c1C.Cl. The highest BCUT2D eigenvalue weighted by atomic mass is 35.5. The van der Waals surface area contributed by atoms with Gasteiger partial charge in [-0.15, -0.1) is 12.4 Å². The molecule has 0 aromatic heterocycles. The quantitative estimate of drug-likeness (QED) is 0.776. The summed E-state index contributed by atoms with van der Waals surface area (Å²) in [5.41, 5.74) is 1.94. The fraction of sp³-hybridized carbons (Fsp3) is 0.467. The van der Waals surface area contributed by atoms with Crippen LogP contribution in [0.1, 0.15) is 22.8 Å². The van der Waals surface area contributed by atoms with Gasteiger partial charge in [0.2, 0.25) is 5.91 Å². The second-order valence-electron chi connectivity index (χ2n) is 5.05. The lowest BCUT2D eigenvalue weighted by Crippen LogP contribution is -2.53.